The van der Waals surface area contributed by atoms with Crippen LogP contribution in [-0.4, -0.2) is 18.8 Å². The fourth-order valence-electron chi connectivity index (χ4n) is 1.18. The Kier molecular flexibility index (Phi) is 4.25. The van der Waals surface area contributed by atoms with Crippen LogP contribution < -0.4 is 4.74 Å². The van der Waals surface area contributed by atoms with Crippen LogP contribution in [0.15, 0.2) is 22.7 Å². The van der Waals surface area contributed by atoms with Gasteiger partial charge in [-0.1, -0.05) is 12.1 Å². The van der Waals surface area contributed by atoms with E-state index < -0.39 is 0 Å². The van der Waals surface area contributed by atoms with Crippen LogP contribution in [0.5, 0.6) is 5.75 Å². The lowest BCUT2D eigenvalue weighted by atomic mass is 10.1. The van der Waals surface area contributed by atoms with E-state index in [9.17, 15) is 0 Å². The summed E-state index contributed by atoms with van der Waals surface area (Å²) in [4.78, 5) is 0. The summed E-state index contributed by atoms with van der Waals surface area (Å²) in [5, 5.41) is 8.70. The van der Waals surface area contributed by atoms with Gasteiger partial charge >= 0.3 is 0 Å². The molecular weight excluding hydrogens is 232 g/mol. The molecule has 0 spiro atoms. The third-order valence-electron chi connectivity index (χ3n) is 1.87. The first kappa shape index (κ1) is 10.5. The molecule has 0 saturated carbocycles. The van der Waals surface area contributed by atoms with Gasteiger partial charge in [0.2, 0.25) is 0 Å². The highest BCUT2D eigenvalue weighted by Gasteiger charge is 2.04. The van der Waals surface area contributed by atoms with Gasteiger partial charge < -0.3 is 9.84 Å². The first-order valence-electron chi connectivity index (χ1n) is 4.22. The zero-order valence-corrected chi connectivity index (χ0v) is 9.17. The van der Waals surface area contributed by atoms with Gasteiger partial charge in [0.1, 0.15) is 5.75 Å². The first-order valence-corrected chi connectivity index (χ1v) is 5.01. The van der Waals surface area contributed by atoms with Gasteiger partial charge in [-0.05, 0) is 40.4 Å². The number of hydrogen-bond acceptors (Lipinski definition) is 2. The van der Waals surface area contributed by atoms with Crippen molar-refractivity contribution >= 4 is 15.9 Å². The predicted molar refractivity (Wildman–Crippen MR) is 56.1 cm³/mol. The Morgan fingerprint density at radius 1 is 1.46 bits per heavy atom. The van der Waals surface area contributed by atoms with Crippen LogP contribution in [0.2, 0.25) is 0 Å². The molecule has 0 amide bonds. The fraction of sp³-hybridized carbons (Fsp3) is 0.400. The molecule has 0 aromatic heterocycles. The van der Waals surface area contributed by atoms with Crippen LogP contribution in [-0.2, 0) is 6.42 Å². The van der Waals surface area contributed by atoms with E-state index in [1.807, 2.05) is 18.2 Å². The maximum atomic E-state index is 8.70. The molecule has 0 aliphatic heterocycles. The number of hydrogen-bond donors (Lipinski definition) is 1. The number of ether oxygens (including phenoxy) is 1. The molecule has 0 heterocycles. The van der Waals surface area contributed by atoms with Gasteiger partial charge in [-0.25, -0.2) is 0 Å². The van der Waals surface area contributed by atoms with Crippen LogP contribution in [0, 0.1) is 0 Å². The number of benzene rings is 1. The minimum Gasteiger partial charge on any atom is -0.496 e. The van der Waals surface area contributed by atoms with E-state index in [-0.39, 0.29) is 6.61 Å². The minimum atomic E-state index is 0.226. The fourth-order valence-corrected chi connectivity index (χ4v) is 1.80. The molecule has 0 bridgehead atoms. The van der Waals surface area contributed by atoms with Crippen LogP contribution in [0.25, 0.3) is 0 Å². The molecule has 0 aliphatic rings. The molecule has 13 heavy (non-hydrogen) atoms. The number of rotatable bonds is 4. The van der Waals surface area contributed by atoms with Crippen molar-refractivity contribution in [1.29, 1.82) is 0 Å². The van der Waals surface area contributed by atoms with E-state index in [2.05, 4.69) is 15.9 Å². The molecule has 0 radical (unpaired) electrons. The Morgan fingerprint density at radius 3 is 2.85 bits per heavy atom. The molecule has 0 atom stereocenters. The van der Waals surface area contributed by atoms with Gasteiger partial charge in [-0.2, -0.15) is 0 Å². The van der Waals surface area contributed by atoms with E-state index in [0.29, 0.717) is 0 Å². The van der Waals surface area contributed by atoms with Gasteiger partial charge in [0.05, 0.1) is 11.6 Å². The second-order valence-electron chi connectivity index (χ2n) is 2.76. The summed E-state index contributed by atoms with van der Waals surface area (Å²) in [5.41, 5.74) is 1.17. The van der Waals surface area contributed by atoms with Gasteiger partial charge in [-0.3, -0.25) is 0 Å². The van der Waals surface area contributed by atoms with Crippen molar-refractivity contribution in [2.75, 3.05) is 13.7 Å². The predicted octanol–water partition coefficient (Wildman–Crippen LogP) is 2.38. The van der Waals surface area contributed by atoms with Crippen LogP contribution in [0.3, 0.4) is 0 Å². The van der Waals surface area contributed by atoms with Crippen molar-refractivity contribution in [3.8, 4) is 5.75 Å². The molecule has 0 fully saturated rings. The zero-order chi connectivity index (χ0) is 9.68. The summed E-state index contributed by atoms with van der Waals surface area (Å²) >= 11 is 3.46. The molecule has 0 saturated heterocycles. The number of methoxy groups -OCH3 is 1. The summed E-state index contributed by atoms with van der Waals surface area (Å²) < 4.78 is 6.15. The molecule has 1 aromatic carbocycles. The number of aryl methyl sites for hydroxylation is 1. The second kappa shape index (κ2) is 5.25. The van der Waals surface area contributed by atoms with E-state index in [4.69, 9.17) is 9.84 Å². The normalized spacial score (nSPS) is 10.1. The van der Waals surface area contributed by atoms with Gasteiger partial charge in [-0.15, -0.1) is 0 Å². The Labute approximate surface area is 86.7 Å². The molecule has 2 nitrogen and oxygen atoms in total. The Hall–Kier alpha value is -0.540. The Morgan fingerprint density at radius 2 is 2.23 bits per heavy atom. The molecule has 1 rings (SSSR count). The van der Waals surface area contributed by atoms with E-state index in [1.165, 1.54) is 5.56 Å². The first-order chi connectivity index (χ1) is 6.29. The maximum Gasteiger partial charge on any atom is 0.133 e. The van der Waals surface area contributed by atoms with Crippen molar-refractivity contribution in [1.82, 2.24) is 0 Å². The van der Waals surface area contributed by atoms with E-state index in [1.54, 1.807) is 7.11 Å². The molecule has 1 N–H and O–H groups in total. The SMILES string of the molecule is COc1cccc(CCCO)c1Br. The topological polar surface area (TPSA) is 29.5 Å². The van der Waals surface area contributed by atoms with Gasteiger partial charge in [0, 0.05) is 6.61 Å². The molecular formula is C10H13BrO2. The summed E-state index contributed by atoms with van der Waals surface area (Å²) in [7, 11) is 1.65. The highest BCUT2D eigenvalue weighted by molar-refractivity contribution is 9.10. The zero-order valence-electron chi connectivity index (χ0n) is 7.59. The van der Waals surface area contributed by atoms with Gasteiger partial charge in [0.15, 0.2) is 0 Å². The van der Waals surface area contributed by atoms with Crippen LogP contribution in [0.4, 0.5) is 0 Å². The lowest BCUT2D eigenvalue weighted by molar-refractivity contribution is 0.288. The molecule has 72 valence electrons. The third kappa shape index (κ3) is 2.71. The van der Waals surface area contributed by atoms with Gasteiger partial charge in [0.25, 0.3) is 0 Å². The minimum absolute atomic E-state index is 0.226. The lowest BCUT2D eigenvalue weighted by Gasteiger charge is -2.07. The van der Waals surface area contributed by atoms with Crippen molar-refractivity contribution in [2.24, 2.45) is 0 Å². The van der Waals surface area contributed by atoms with Crippen LogP contribution >= 0.6 is 15.9 Å². The average molecular weight is 245 g/mol. The number of halogens is 1. The van der Waals surface area contributed by atoms with Crippen molar-refractivity contribution in [3.63, 3.8) is 0 Å². The lowest BCUT2D eigenvalue weighted by Crippen LogP contribution is -1.93. The summed E-state index contributed by atoms with van der Waals surface area (Å²) in [6.07, 6.45) is 1.65. The Balaban J connectivity index is 2.81. The standard InChI is InChI=1S/C10H13BrO2/c1-13-9-6-2-4-8(10(9)11)5-3-7-12/h2,4,6,12H,3,5,7H2,1H3. The maximum absolute atomic E-state index is 8.70. The second-order valence-corrected chi connectivity index (χ2v) is 3.55. The van der Waals surface area contributed by atoms with Crippen molar-refractivity contribution in [3.05, 3.63) is 28.2 Å². The highest BCUT2D eigenvalue weighted by atomic mass is 79.9. The van der Waals surface area contributed by atoms with Crippen LogP contribution in [0.1, 0.15) is 12.0 Å². The summed E-state index contributed by atoms with van der Waals surface area (Å²) in [6.45, 7) is 0.226. The smallest absolute Gasteiger partial charge is 0.133 e. The van der Waals surface area contributed by atoms with Crippen molar-refractivity contribution < 1.29 is 9.84 Å². The van der Waals surface area contributed by atoms with E-state index in [0.717, 1.165) is 23.1 Å². The van der Waals surface area contributed by atoms with E-state index >= 15 is 0 Å². The Bertz CT molecular complexity index is 274. The number of aliphatic hydroxyl groups excluding tert-OH is 1. The summed E-state index contributed by atoms with van der Waals surface area (Å²) in [5.74, 6) is 0.843. The third-order valence-corrected chi connectivity index (χ3v) is 2.77. The molecule has 0 unspecified atom stereocenters. The summed E-state index contributed by atoms with van der Waals surface area (Å²) in [6, 6.07) is 5.89. The van der Waals surface area contributed by atoms with Crippen molar-refractivity contribution in [2.45, 2.75) is 12.8 Å². The molecule has 3 heteroatoms. The average Bonchev–Trinajstić information content (AvgIpc) is 2.16. The molecule has 0 aliphatic carbocycles. The monoisotopic (exact) mass is 244 g/mol. The quantitative estimate of drug-likeness (QED) is 0.882. The molecule has 1 aromatic rings. The largest absolute Gasteiger partial charge is 0.496 e. The number of aliphatic hydroxyl groups is 1. The highest BCUT2D eigenvalue weighted by Crippen LogP contribution is 2.28.